The number of likely N-dealkylation sites (N-methyl/N-ethyl adjacent to an activating group) is 1. The molecule has 0 radical (unpaired) electrons. The van der Waals surface area contributed by atoms with Gasteiger partial charge in [-0.1, -0.05) is 30.3 Å². The zero-order valence-electron chi connectivity index (χ0n) is 10.5. The summed E-state index contributed by atoms with van der Waals surface area (Å²) >= 11 is 0. The van der Waals surface area contributed by atoms with Crippen molar-refractivity contribution in [1.29, 1.82) is 0 Å². The quantitative estimate of drug-likeness (QED) is 0.730. The summed E-state index contributed by atoms with van der Waals surface area (Å²) in [7, 11) is 3.89. The summed E-state index contributed by atoms with van der Waals surface area (Å²) in [6.07, 6.45) is 2.26. The maximum atomic E-state index is 6.07. The monoisotopic (exact) mass is 233 g/mol. The molecular weight excluding hydrogens is 214 g/mol. The average Bonchev–Trinajstić information content (AvgIpc) is 2.98. The molecule has 1 aromatic carbocycles. The van der Waals surface area contributed by atoms with Gasteiger partial charge in [0.2, 0.25) is 5.79 Å². The molecule has 0 bridgehead atoms. The normalized spacial score (nSPS) is 37.3. The Labute approximate surface area is 102 Å². The molecule has 0 aromatic heterocycles. The van der Waals surface area contributed by atoms with Gasteiger partial charge in [-0.25, -0.2) is 0 Å². The van der Waals surface area contributed by atoms with Crippen molar-refractivity contribution in [3.63, 3.8) is 0 Å². The summed E-state index contributed by atoms with van der Waals surface area (Å²) in [6.45, 7) is 2.11. The molecule has 0 amide bonds. The van der Waals surface area contributed by atoms with E-state index in [4.69, 9.17) is 9.47 Å². The summed E-state index contributed by atoms with van der Waals surface area (Å²) < 4.78 is 11.8. The predicted molar refractivity (Wildman–Crippen MR) is 65.7 cm³/mol. The average molecular weight is 233 g/mol. The smallest absolute Gasteiger partial charge is 0.227 e. The number of hydrogen-bond acceptors (Lipinski definition) is 3. The van der Waals surface area contributed by atoms with E-state index in [1.165, 1.54) is 6.42 Å². The van der Waals surface area contributed by atoms with Crippen molar-refractivity contribution in [3.05, 3.63) is 35.9 Å². The molecular formula is C14H19NO2. The number of ether oxygens (including phenoxy) is 2. The van der Waals surface area contributed by atoms with Crippen LogP contribution in [0, 0.1) is 0 Å². The fraction of sp³-hybridized carbons (Fsp3) is 0.571. The van der Waals surface area contributed by atoms with Gasteiger partial charge < -0.3 is 14.4 Å². The number of rotatable bonds is 2. The number of methoxy groups -OCH3 is 1. The SMILES string of the molecule is COC1(c2ccccc2)OC12CCCN(C)C2. The van der Waals surface area contributed by atoms with E-state index >= 15 is 0 Å². The van der Waals surface area contributed by atoms with Gasteiger partial charge in [0.05, 0.1) is 0 Å². The number of likely N-dealkylation sites (tertiary alicyclic amines) is 1. The van der Waals surface area contributed by atoms with Crippen LogP contribution in [-0.2, 0) is 15.3 Å². The van der Waals surface area contributed by atoms with Crippen LogP contribution < -0.4 is 0 Å². The third-order valence-electron chi connectivity index (χ3n) is 3.98. The maximum absolute atomic E-state index is 6.07. The highest BCUT2D eigenvalue weighted by atomic mass is 16.8. The zero-order chi connectivity index (χ0) is 11.9. The van der Waals surface area contributed by atoms with Gasteiger partial charge in [0.15, 0.2) is 0 Å². The number of nitrogens with zero attached hydrogens (tertiary/aromatic N) is 1. The van der Waals surface area contributed by atoms with Gasteiger partial charge in [0, 0.05) is 19.2 Å². The van der Waals surface area contributed by atoms with E-state index in [-0.39, 0.29) is 5.60 Å². The highest BCUT2D eigenvalue weighted by Crippen LogP contribution is 2.59. The third kappa shape index (κ3) is 1.53. The van der Waals surface area contributed by atoms with Crippen LogP contribution in [0.5, 0.6) is 0 Å². The molecule has 2 aliphatic heterocycles. The largest absolute Gasteiger partial charge is 0.347 e. The number of epoxide rings is 1. The Kier molecular flexibility index (Phi) is 2.51. The molecule has 2 fully saturated rings. The second-order valence-electron chi connectivity index (χ2n) is 5.12. The summed E-state index contributed by atoms with van der Waals surface area (Å²) in [4.78, 5) is 2.33. The molecule has 2 heterocycles. The fourth-order valence-corrected chi connectivity index (χ4v) is 3.16. The standard InChI is InChI=1S/C14H19NO2/c1-15-10-6-9-13(11-15)14(16-2,17-13)12-7-4-3-5-8-12/h3-5,7-8H,6,9-11H2,1-2H3. The maximum Gasteiger partial charge on any atom is 0.227 e. The van der Waals surface area contributed by atoms with Gasteiger partial charge in [-0.05, 0) is 26.4 Å². The molecule has 3 rings (SSSR count). The predicted octanol–water partition coefficient (Wildman–Crippen LogP) is 1.98. The van der Waals surface area contributed by atoms with E-state index in [9.17, 15) is 0 Å². The van der Waals surface area contributed by atoms with Crippen LogP contribution in [0.15, 0.2) is 30.3 Å². The molecule has 92 valence electrons. The Morgan fingerprint density at radius 2 is 2.06 bits per heavy atom. The van der Waals surface area contributed by atoms with Crippen LogP contribution in [0.1, 0.15) is 18.4 Å². The molecule has 0 aliphatic carbocycles. The van der Waals surface area contributed by atoms with Crippen LogP contribution in [0.2, 0.25) is 0 Å². The molecule has 2 unspecified atom stereocenters. The Morgan fingerprint density at radius 3 is 2.71 bits per heavy atom. The highest BCUT2D eigenvalue weighted by molar-refractivity contribution is 5.31. The topological polar surface area (TPSA) is 25.0 Å². The van der Waals surface area contributed by atoms with E-state index < -0.39 is 5.79 Å². The Bertz CT molecular complexity index is 408. The lowest BCUT2D eigenvalue weighted by Gasteiger charge is -2.29. The van der Waals surface area contributed by atoms with Crippen LogP contribution in [0.3, 0.4) is 0 Å². The van der Waals surface area contributed by atoms with E-state index in [1.54, 1.807) is 7.11 Å². The summed E-state index contributed by atoms with van der Waals surface area (Å²) in [5.74, 6) is -0.511. The molecule has 2 aliphatic rings. The first kappa shape index (κ1) is 11.2. The molecule has 2 saturated heterocycles. The van der Waals surface area contributed by atoms with Crippen molar-refractivity contribution in [2.45, 2.75) is 24.2 Å². The van der Waals surface area contributed by atoms with Crippen molar-refractivity contribution < 1.29 is 9.47 Å². The summed E-state index contributed by atoms with van der Waals surface area (Å²) in [5.41, 5.74) is 1.01. The van der Waals surface area contributed by atoms with Gasteiger partial charge in [0.25, 0.3) is 0 Å². The fourth-order valence-electron chi connectivity index (χ4n) is 3.16. The molecule has 1 aromatic rings. The van der Waals surface area contributed by atoms with Crippen LogP contribution >= 0.6 is 0 Å². The van der Waals surface area contributed by atoms with E-state index in [2.05, 4.69) is 24.1 Å². The first-order valence-electron chi connectivity index (χ1n) is 6.22. The van der Waals surface area contributed by atoms with Crippen LogP contribution in [0.4, 0.5) is 0 Å². The van der Waals surface area contributed by atoms with E-state index in [1.807, 2.05) is 18.2 Å². The second kappa shape index (κ2) is 3.80. The van der Waals surface area contributed by atoms with Crippen LogP contribution in [-0.4, -0.2) is 37.7 Å². The molecule has 3 nitrogen and oxygen atoms in total. The molecule has 0 saturated carbocycles. The van der Waals surface area contributed by atoms with Gasteiger partial charge in [0.1, 0.15) is 5.60 Å². The first-order valence-corrected chi connectivity index (χ1v) is 6.22. The Hall–Kier alpha value is -0.900. The number of benzene rings is 1. The Morgan fingerprint density at radius 1 is 1.29 bits per heavy atom. The molecule has 1 spiro atoms. The molecule has 17 heavy (non-hydrogen) atoms. The van der Waals surface area contributed by atoms with E-state index in [0.29, 0.717) is 0 Å². The molecule has 2 atom stereocenters. The lowest BCUT2D eigenvalue weighted by atomic mass is 9.88. The highest BCUT2D eigenvalue weighted by Gasteiger charge is 2.72. The van der Waals surface area contributed by atoms with Gasteiger partial charge in [-0.15, -0.1) is 0 Å². The Balaban J connectivity index is 1.92. The first-order chi connectivity index (χ1) is 8.22. The second-order valence-corrected chi connectivity index (χ2v) is 5.12. The summed E-state index contributed by atoms with van der Waals surface area (Å²) in [5, 5.41) is 0. The van der Waals surface area contributed by atoms with Gasteiger partial charge in [-0.3, -0.25) is 0 Å². The lowest BCUT2D eigenvalue weighted by molar-refractivity contribution is -0.0157. The van der Waals surface area contributed by atoms with Crippen molar-refractivity contribution in [1.82, 2.24) is 4.90 Å². The minimum atomic E-state index is -0.511. The minimum Gasteiger partial charge on any atom is -0.347 e. The molecule has 0 N–H and O–H groups in total. The molecule has 3 heteroatoms. The van der Waals surface area contributed by atoms with Crippen molar-refractivity contribution >= 4 is 0 Å². The van der Waals surface area contributed by atoms with Crippen molar-refractivity contribution in [2.24, 2.45) is 0 Å². The minimum absolute atomic E-state index is 0.129. The lowest BCUT2D eigenvalue weighted by Crippen LogP contribution is -2.42. The zero-order valence-corrected chi connectivity index (χ0v) is 10.5. The van der Waals surface area contributed by atoms with Crippen LogP contribution in [0.25, 0.3) is 0 Å². The summed E-state index contributed by atoms with van der Waals surface area (Å²) in [6, 6.07) is 10.3. The third-order valence-corrected chi connectivity index (χ3v) is 3.98. The van der Waals surface area contributed by atoms with Gasteiger partial charge in [-0.2, -0.15) is 0 Å². The number of piperidine rings is 1. The van der Waals surface area contributed by atoms with Crippen molar-refractivity contribution in [3.8, 4) is 0 Å². The van der Waals surface area contributed by atoms with E-state index in [0.717, 1.165) is 25.1 Å². The van der Waals surface area contributed by atoms with Gasteiger partial charge >= 0.3 is 0 Å². The number of hydrogen-bond donors (Lipinski definition) is 0. The van der Waals surface area contributed by atoms with Crippen molar-refractivity contribution in [2.75, 3.05) is 27.2 Å².